The van der Waals surface area contributed by atoms with E-state index in [1.54, 1.807) is 0 Å². The summed E-state index contributed by atoms with van der Waals surface area (Å²) in [6, 6.07) is 2.11. The summed E-state index contributed by atoms with van der Waals surface area (Å²) in [6.07, 6.45) is 6.37. The average Bonchev–Trinajstić information content (AvgIpc) is 2.38. The van der Waals surface area contributed by atoms with E-state index in [1.807, 2.05) is 0 Å². The molecule has 19 heavy (non-hydrogen) atoms. The zero-order valence-corrected chi connectivity index (χ0v) is 12.6. The van der Waals surface area contributed by atoms with Crippen LogP contribution in [-0.2, 0) is 6.54 Å². The Labute approximate surface area is 117 Å². The normalized spacial score (nSPS) is 23.5. The lowest BCUT2D eigenvalue weighted by Crippen LogP contribution is -2.18. The van der Waals surface area contributed by atoms with Gasteiger partial charge in [0.15, 0.2) is 0 Å². The topological polar surface area (TPSA) is 37.8 Å². The maximum absolute atomic E-state index is 4.79. The summed E-state index contributed by atoms with van der Waals surface area (Å²) in [5.41, 5.74) is 2.26. The summed E-state index contributed by atoms with van der Waals surface area (Å²) in [5, 5.41) is 3.43. The molecular formula is C16H27N3. The summed E-state index contributed by atoms with van der Waals surface area (Å²) in [7, 11) is 0. The van der Waals surface area contributed by atoms with Crippen molar-refractivity contribution in [1.29, 1.82) is 0 Å². The lowest BCUT2D eigenvalue weighted by molar-refractivity contribution is 0.334. The van der Waals surface area contributed by atoms with Gasteiger partial charge in [-0.2, -0.15) is 0 Å². The third kappa shape index (κ3) is 4.27. The lowest BCUT2D eigenvalue weighted by atomic mass is 9.82. The van der Waals surface area contributed by atoms with Crippen molar-refractivity contribution >= 4 is 0 Å². The predicted molar refractivity (Wildman–Crippen MR) is 79.1 cm³/mol. The second kappa shape index (κ2) is 6.99. The molecular weight excluding hydrogens is 234 g/mol. The van der Waals surface area contributed by atoms with E-state index in [1.165, 1.54) is 25.7 Å². The van der Waals surface area contributed by atoms with Gasteiger partial charge in [-0.25, -0.2) is 9.97 Å². The van der Waals surface area contributed by atoms with Gasteiger partial charge in [0.05, 0.1) is 5.69 Å². The van der Waals surface area contributed by atoms with Crippen LogP contribution >= 0.6 is 0 Å². The first-order valence-corrected chi connectivity index (χ1v) is 7.74. The molecule has 0 aromatic carbocycles. The second-order valence-corrected chi connectivity index (χ2v) is 6.00. The highest BCUT2D eigenvalue weighted by Crippen LogP contribution is 2.34. The van der Waals surface area contributed by atoms with E-state index < -0.39 is 0 Å². The van der Waals surface area contributed by atoms with Crippen molar-refractivity contribution in [3.05, 3.63) is 23.3 Å². The van der Waals surface area contributed by atoms with Gasteiger partial charge < -0.3 is 5.32 Å². The average molecular weight is 261 g/mol. The molecule has 3 heteroatoms. The number of aryl methyl sites for hydroxylation is 1. The Balaban J connectivity index is 2.07. The highest BCUT2D eigenvalue weighted by atomic mass is 14.9. The van der Waals surface area contributed by atoms with Crippen molar-refractivity contribution < 1.29 is 0 Å². The molecule has 1 aliphatic rings. The standard InChI is InChI=1S/C16H27N3/c1-4-8-17-11-15-10-13(3)18-16(19-15)14-7-5-6-12(2)9-14/h10,12,14,17H,4-9,11H2,1-3H3. The number of hydrogen-bond donors (Lipinski definition) is 1. The Bertz CT molecular complexity index is 403. The predicted octanol–water partition coefficient (Wildman–Crippen LogP) is 3.58. The zero-order valence-electron chi connectivity index (χ0n) is 12.6. The van der Waals surface area contributed by atoms with Crippen molar-refractivity contribution in [2.75, 3.05) is 6.54 Å². The quantitative estimate of drug-likeness (QED) is 0.823. The first kappa shape index (κ1) is 14.4. The van der Waals surface area contributed by atoms with Gasteiger partial charge in [0.2, 0.25) is 0 Å². The molecule has 1 aliphatic carbocycles. The molecule has 106 valence electrons. The molecule has 0 amide bonds. The lowest BCUT2D eigenvalue weighted by Gasteiger charge is -2.26. The molecule has 0 radical (unpaired) electrons. The number of rotatable bonds is 5. The SMILES string of the molecule is CCCNCc1cc(C)nc(C2CCCC(C)C2)n1. The summed E-state index contributed by atoms with van der Waals surface area (Å²) >= 11 is 0. The minimum atomic E-state index is 0.577. The fourth-order valence-electron chi connectivity index (χ4n) is 2.99. The molecule has 2 rings (SSSR count). The van der Waals surface area contributed by atoms with Gasteiger partial charge in [0, 0.05) is 18.2 Å². The Kier molecular flexibility index (Phi) is 5.32. The molecule has 0 saturated heterocycles. The van der Waals surface area contributed by atoms with Crippen molar-refractivity contribution in [3.63, 3.8) is 0 Å². The minimum absolute atomic E-state index is 0.577. The molecule has 0 bridgehead atoms. The van der Waals surface area contributed by atoms with Crippen LogP contribution in [0.1, 0.15) is 69.1 Å². The maximum atomic E-state index is 4.79. The molecule has 1 saturated carbocycles. The fraction of sp³-hybridized carbons (Fsp3) is 0.750. The van der Waals surface area contributed by atoms with E-state index in [9.17, 15) is 0 Å². The van der Waals surface area contributed by atoms with Crippen LogP contribution in [0.3, 0.4) is 0 Å². The van der Waals surface area contributed by atoms with Crippen LogP contribution in [0.2, 0.25) is 0 Å². The van der Waals surface area contributed by atoms with Crippen LogP contribution in [0, 0.1) is 12.8 Å². The smallest absolute Gasteiger partial charge is 0.131 e. The molecule has 3 nitrogen and oxygen atoms in total. The molecule has 0 aliphatic heterocycles. The van der Waals surface area contributed by atoms with E-state index in [0.29, 0.717) is 5.92 Å². The van der Waals surface area contributed by atoms with Gasteiger partial charge in [-0.15, -0.1) is 0 Å². The van der Waals surface area contributed by atoms with Gasteiger partial charge in [0.25, 0.3) is 0 Å². The van der Waals surface area contributed by atoms with Gasteiger partial charge in [0.1, 0.15) is 5.82 Å². The maximum Gasteiger partial charge on any atom is 0.131 e. The Morgan fingerprint density at radius 3 is 2.89 bits per heavy atom. The first-order chi connectivity index (χ1) is 9.19. The molecule has 0 spiro atoms. The molecule has 1 heterocycles. The van der Waals surface area contributed by atoms with Crippen LogP contribution in [0.5, 0.6) is 0 Å². The third-order valence-corrected chi connectivity index (χ3v) is 3.96. The van der Waals surface area contributed by atoms with Crippen LogP contribution in [-0.4, -0.2) is 16.5 Å². The van der Waals surface area contributed by atoms with Crippen LogP contribution < -0.4 is 5.32 Å². The first-order valence-electron chi connectivity index (χ1n) is 7.74. The molecule has 1 aromatic heterocycles. The van der Waals surface area contributed by atoms with Gasteiger partial charge in [-0.05, 0) is 44.7 Å². The van der Waals surface area contributed by atoms with Gasteiger partial charge in [-0.3, -0.25) is 0 Å². The van der Waals surface area contributed by atoms with E-state index >= 15 is 0 Å². The van der Waals surface area contributed by atoms with E-state index in [4.69, 9.17) is 4.98 Å². The highest BCUT2D eigenvalue weighted by molar-refractivity contribution is 5.13. The Hall–Kier alpha value is -0.960. The number of nitrogens with zero attached hydrogens (tertiary/aromatic N) is 2. The molecule has 2 unspecified atom stereocenters. The van der Waals surface area contributed by atoms with E-state index in [-0.39, 0.29) is 0 Å². The van der Waals surface area contributed by atoms with Gasteiger partial charge in [-0.1, -0.05) is 26.7 Å². The number of nitrogens with one attached hydrogen (secondary N) is 1. The molecule has 1 aromatic rings. The van der Waals surface area contributed by atoms with E-state index in [2.05, 4.69) is 37.1 Å². The zero-order chi connectivity index (χ0) is 13.7. The molecule has 1 fully saturated rings. The minimum Gasteiger partial charge on any atom is -0.311 e. The van der Waals surface area contributed by atoms with Crippen LogP contribution in [0.15, 0.2) is 6.07 Å². The van der Waals surface area contributed by atoms with Crippen LogP contribution in [0.25, 0.3) is 0 Å². The third-order valence-electron chi connectivity index (χ3n) is 3.96. The fourth-order valence-corrected chi connectivity index (χ4v) is 2.99. The largest absolute Gasteiger partial charge is 0.311 e. The Morgan fingerprint density at radius 2 is 2.16 bits per heavy atom. The highest BCUT2D eigenvalue weighted by Gasteiger charge is 2.23. The summed E-state index contributed by atoms with van der Waals surface area (Å²) in [6.45, 7) is 8.55. The van der Waals surface area contributed by atoms with Gasteiger partial charge >= 0.3 is 0 Å². The van der Waals surface area contributed by atoms with Crippen molar-refractivity contribution in [2.24, 2.45) is 5.92 Å². The monoisotopic (exact) mass is 261 g/mol. The summed E-state index contributed by atoms with van der Waals surface area (Å²) in [5.74, 6) is 2.48. The van der Waals surface area contributed by atoms with Crippen molar-refractivity contribution in [3.8, 4) is 0 Å². The van der Waals surface area contributed by atoms with Crippen molar-refractivity contribution in [1.82, 2.24) is 15.3 Å². The summed E-state index contributed by atoms with van der Waals surface area (Å²) in [4.78, 5) is 9.47. The molecule has 1 N–H and O–H groups in total. The number of hydrogen-bond acceptors (Lipinski definition) is 3. The summed E-state index contributed by atoms with van der Waals surface area (Å²) < 4.78 is 0. The molecule has 2 atom stereocenters. The van der Waals surface area contributed by atoms with Crippen LogP contribution in [0.4, 0.5) is 0 Å². The second-order valence-electron chi connectivity index (χ2n) is 6.00. The van der Waals surface area contributed by atoms with Crippen molar-refractivity contribution in [2.45, 2.75) is 65.3 Å². The number of aromatic nitrogens is 2. The Morgan fingerprint density at radius 1 is 1.32 bits per heavy atom. The van der Waals surface area contributed by atoms with E-state index in [0.717, 1.165) is 42.6 Å².